The van der Waals surface area contributed by atoms with Gasteiger partial charge in [0.1, 0.15) is 0 Å². The van der Waals surface area contributed by atoms with Crippen LogP contribution >= 0.6 is 0 Å². The van der Waals surface area contributed by atoms with Gasteiger partial charge < -0.3 is 10.6 Å². The lowest BCUT2D eigenvalue weighted by atomic mass is 10.1. The zero-order valence-electron chi connectivity index (χ0n) is 12.4. The van der Waals surface area contributed by atoms with Crippen LogP contribution in [0.25, 0.3) is 0 Å². The molecule has 0 saturated heterocycles. The quantitative estimate of drug-likeness (QED) is 0.848. The second kappa shape index (κ2) is 6.37. The van der Waals surface area contributed by atoms with Crippen LogP contribution in [0.2, 0.25) is 0 Å². The van der Waals surface area contributed by atoms with Gasteiger partial charge in [0.25, 0.3) is 0 Å². The summed E-state index contributed by atoms with van der Waals surface area (Å²) in [7, 11) is 0. The van der Waals surface area contributed by atoms with E-state index in [0.29, 0.717) is 0 Å². The number of nitrogens with zero attached hydrogens (tertiary/aromatic N) is 3. The summed E-state index contributed by atoms with van der Waals surface area (Å²) in [5.41, 5.74) is 9.90. The summed E-state index contributed by atoms with van der Waals surface area (Å²) in [5, 5.41) is 0. The molecule has 1 aromatic heterocycles. The molecule has 2 aromatic rings. The van der Waals surface area contributed by atoms with Crippen LogP contribution in [0.4, 0.5) is 11.5 Å². The highest BCUT2D eigenvalue weighted by Gasteiger charge is 2.13. The number of hydrogen-bond donors (Lipinski definition) is 1. The Kier molecular flexibility index (Phi) is 4.56. The van der Waals surface area contributed by atoms with Crippen LogP contribution in [0.1, 0.15) is 30.3 Å². The Morgan fingerprint density at radius 1 is 1.20 bits per heavy atom. The molecule has 2 N–H and O–H groups in total. The second-order valence-electron chi connectivity index (χ2n) is 5.04. The van der Waals surface area contributed by atoms with Gasteiger partial charge in [-0.2, -0.15) is 0 Å². The first kappa shape index (κ1) is 14.3. The molecule has 0 spiro atoms. The number of aryl methyl sites for hydroxylation is 2. The van der Waals surface area contributed by atoms with E-state index in [-0.39, 0.29) is 0 Å². The van der Waals surface area contributed by atoms with Crippen molar-refractivity contribution in [2.24, 2.45) is 0 Å². The maximum atomic E-state index is 6.05. The number of aromatic nitrogens is 2. The number of para-hydroxylation sites is 1. The molecule has 0 unspecified atom stereocenters. The molecule has 0 bridgehead atoms. The fraction of sp³-hybridized carbons (Fsp3) is 0.375. The van der Waals surface area contributed by atoms with Crippen LogP contribution in [-0.4, -0.2) is 16.5 Å². The fourth-order valence-corrected chi connectivity index (χ4v) is 2.24. The van der Waals surface area contributed by atoms with E-state index in [0.717, 1.165) is 48.0 Å². The van der Waals surface area contributed by atoms with Crippen molar-refractivity contribution < 1.29 is 0 Å². The third-order valence-electron chi connectivity index (χ3n) is 3.26. The summed E-state index contributed by atoms with van der Waals surface area (Å²) in [6, 6.07) is 7.98. The summed E-state index contributed by atoms with van der Waals surface area (Å²) in [6.45, 7) is 7.84. The van der Waals surface area contributed by atoms with Crippen molar-refractivity contribution >= 4 is 11.5 Å². The molecule has 4 nitrogen and oxygen atoms in total. The first-order valence-corrected chi connectivity index (χ1v) is 7.00. The molecule has 0 fully saturated rings. The van der Waals surface area contributed by atoms with Crippen LogP contribution < -0.4 is 10.6 Å². The Bertz CT molecular complexity index is 580. The summed E-state index contributed by atoms with van der Waals surface area (Å²) >= 11 is 0. The Morgan fingerprint density at radius 3 is 2.65 bits per heavy atom. The van der Waals surface area contributed by atoms with E-state index in [1.165, 1.54) is 0 Å². The van der Waals surface area contributed by atoms with E-state index in [1.54, 1.807) is 6.20 Å². The third kappa shape index (κ3) is 3.26. The molecule has 0 radical (unpaired) electrons. The average Bonchev–Trinajstić information content (AvgIpc) is 2.43. The van der Waals surface area contributed by atoms with Crippen LogP contribution in [0.5, 0.6) is 0 Å². The third-order valence-corrected chi connectivity index (χ3v) is 3.26. The molecule has 20 heavy (non-hydrogen) atoms. The van der Waals surface area contributed by atoms with Crippen molar-refractivity contribution in [2.75, 3.05) is 17.2 Å². The van der Waals surface area contributed by atoms with Crippen molar-refractivity contribution in [3.63, 3.8) is 0 Å². The highest BCUT2D eigenvalue weighted by atomic mass is 15.2. The molecular weight excluding hydrogens is 248 g/mol. The SMILES string of the molecule is CCCN(Cc1ccccc1N)c1nc(C)cnc1C. The van der Waals surface area contributed by atoms with Crippen molar-refractivity contribution in [1.29, 1.82) is 0 Å². The number of benzene rings is 1. The molecule has 1 heterocycles. The predicted molar refractivity (Wildman–Crippen MR) is 83.7 cm³/mol. The zero-order valence-corrected chi connectivity index (χ0v) is 12.4. The first-order valence-electron chi connectivity index (χ1n) is 7.00. The number of hydrogen-bond acceptors (Lipinski definition) is 4. The number of anilines is 2. The van der Waals surface area contributed by atoms with E-state index < -0.39 is 0 Å². The Morgan fingerprint density at radius 2 is 1.95 bits per heavy atom. The van der Waals surface area contributed by atoms with Gasteiger partial charge in [-0.1, -0.05) is 25.1 Å². The van der Waals surface area contributed by atoms with E-state index in [2.05, 4.69) is 27.9 Å². The smallest absolute Gasteiger partial charge is 0.150 e. The Labute approximate surface area is 120 Å². The van der Waals surface area contributed by atoms with Gasteiger partial charge in [0.2, 0.25) is 0 Å². The predicted octanol–water partition coefficient (Wildman–Crippen LogP) is 3.09. The Balaban J connectivity index is 2.32. The van der Waals surface area contributed by atoms with Gasteiger partial charge in [-0.05, 0) is 31.9 Å². The van der Waals surface area contributed by atoms with Crippen molar-refractivity contribution in [3.05, 3.63) is 47.4 Å². The lowest BCUT2D eigenvalue weighted by molar-refractivity contribution is 0.745. The van der Waals surface area contributed by atoms with Crippen molar-refractivity contribution in [1.82, 2.24) is 9.97 Å². The highest BCUT2D eigenvalue weighted by molar-refractivity contribution is 5.51. The molecule has 0 aliphatic heterocycles. The molecule has 106 valence electrons. The number of nitrogen functional groups attached to an aromatic ring is 1. The molecule has 1 aromatic carbocycles. The van der Waals surface area contributed by atoms with Gasteiger partial charge >= 0.3 is 0 Å². The zero-order chi connectivity index (χ0) is 14.5. The number of rotatable bonds is 5. The van der Waals surface area contributed by atoms with Gasteiger partial charge in [-0.15, -0.1) is 0 Å². The van der Waals surface area contributed by atoms with E-state index in [4.69, 9.17) is 5.73 Å². The lowest BCUT2D eigenvalue weighted by Crippen LogP contribution is -2.26. The maximum Gasteiger partial charge on any atom is 0.150 e. The molecule has 0 atom stereocenters. The van der Waals surface area contributed by atoms with E-state index in [9.17, 15) is 0 Å². The van der Waals surface area contributed by atoms with Gasteiger partial charge in [0.05, 0.1) is 11.4 Å². The standard InChI is InChI=1S/C16H22N4/c1-4-9-20(11-14-7-5-6-8-15(14)17)16-13(3)18-10-12(2)19-16/h5-8,10H,4,9,11,17H2,1-3H3. The lowest BCUT2D eigenvalue weighted by Gasteiger charge is -2.25. The minimum Gasteiger partial charge on any atom is -0.398 e. The molecule has 0 saturated carbocycles. The van der Waals surface area contributed by atoms with Gasteiger partial charge in [-0.25, -0.2) is 4.98 Å². The normalized spacial score (nSPS) is 10.6. The van der Waals surface area contributed by atoms with Crippen LogP contribution in [0.3, 0.4) is 0 Å². The van der Waals surface area contributed by atoms with Crippen molar-refractivity contribution in [3.8, 4) is 0 Å². The summed E-state index contributed by atoms with van der Waals surface area (Å²) in [6.07, 6.45) is 2.86. The summed E-state index contributed by atoms with van der Waals surface area (Å²) < 4.78 is 0. The highest BCUT2D eigenvalue weighted by Crippen LogP contribution is 2.21. The van der Waals surface area contributed by atoms with Gasteiger partial charge in [-0.3, -0.25) is 4.98 Å². The summed E-state index contributed by atoms with van der Waals surface area (Å²) in [4.78, 5) is 11.3. The van der Waals surface area contributed by atoms with E-state index in [1.807, 2.05) is 32.0 Å². The van der Waals surface area contributed by atoms with E-state index >= 15 is 0 Å². The molecule has 0 amide bonds. The fourth-order valence-electron chi connectivity index (χ4n) is 2.24. The van der Waals surface area contributed by atoms with Crippen LogP contribution in [0.15, 0.2) is 30.5 Å². The van der Waals surface area contributed by atoms with Crippen LogP contribution in [0, 0.1) is 13.8 Å². The van der Waals surface area contributed by atoms with Gasteiger partial charge in [0, 0.05) is 25.0 Å². The monoisotopic (exact) mass is 270 g/mol. The Hall–Kier alpha value is -2.10. The summed E-state index contributed by atoms with van der Waals surface area (Å²) in [5.74, 6) is 0.954. The molecule has 0 aliphatic rings. The van der Waals surface area contributed by atoms with Gasteiger partial charge in [0.15, 0.2) is 5.82 Å². The molecule has 0 aliphatic carbocycles. The first-order chi connectivity index (χ1) is 9.61. The topological polar surface area (TPSA) is 55.0 Å². The molecule has 4 heteroatoms. The largest absolute Gasteiger partial charge is 0.398 e. The minimum atomic E-state index is 0.763. The number of nitrogens with two attached hydrogens (primary N) is 1. The maximum absolute atomic E-state index is 6.05. The average molecular weight is 270 g/mol. The second-order valence-corrected chi connectivity index (χ2v) is 5.04. The molecular formula is C16H22N4. The molecule has 2 rings (SSSR count). The van der Waals surface area contributed by atoms with Crippen LogP contribution in [-0.2, 0) is 6.54 Å². The van der Waals surface area contributed by atoms with Crippen molar-refractivity contribution in [2.45, 2.75) is 33.7 Å². The minimum absolute atomic E-state index is 0.763.